The van der Waals surface area contributed by atoms with Crippen LogP contribution in [0.2, 0.25) is 0 Å². The van der Waals surface area contributed by atoms with Gasteiger partial charge in [0.1, 0.15) is 5.69 Å². The number of fused-ring (bicyclic) bond motifs is 1. The van der Waals surface area contributed by atoms with Crippen molar-refractivity contribution in [3.8, 4) is 5.75 Å². The van der Waals surface area contributed by atoms with Crippen molar-refractivity contribution < 1.29 is 19.1 Å². The highest BCUT2D eigenvalue weighted by Crippen LogP contribution is 2.27. The lowest BCUT2D eigenvalue weighted by Crippen LogP contribution is -2.14. The number of pyridine rings is 1. The highest BCUT2D eigenvalue weighted by atomic mass is 16.5. The highest BCUT2D eigenvalue weighted by Gasteiger charge is 2.23. The topological polar surface area (TPSA) is 69.9 Å². The quantitative estimate of drug-likeness (QED) is 0.449. The summed E-state index contributed by atoms with van der Waals surface area (Å²) in [4.78, 5) is 29.2. The van der Waals surface area contributed by atoms with Gasteiger partial charge in [-0.2, -0.15) is 0 Å². The summed E-state index contributed by atoms with van der Waals surface area (Å²) in [6, 6.07) is 13.2. The highest BCUT2D eigenvalue weighted by molar-refractivity contribution is 5.96. The van der Waals surface area contributed by atoms with Crippen molar-refractivity contribution in [2.24, 2.45) is 0 Å². The van der Waals surface area contributed by atoms with E-state index in [-0.39, 0.29) is 30.5 Å². The maximum Gasteiger partial charge on any atom is 0.306 e. The molecule has 1 aromatic carbocycles. The molecule has 3 rings (SSSR count). The number of rotatable bonds is 8. The molecule has 3 aromatic rings. The number of esters is 1. The monoisotopic (exact) mass is 366 g/mol. The van der Waals surface area contributed by atoms with Crippen LogP contribution in [0.1, 0.15) is 41.7 Å². The third-order valence-electron chi connectivity index (χ3n) is 4.43. The van der Waals surface area contributed by atoms with E-state index >= 15 is 0 Å². The molecule has 0 aliphatic carbocycles. The first-order valence-corrected chi connectivity index (χ1v) is 8.87. The summed E-state index contributed by atoms with van der Waals surface area (Å²) < 4.78 is 12.1. The molecular formula is C21H22N2O4. The first-order valence-electron chi connectivity index (χ1n) is 8.87. The van der Waals surface area contributed by atoms with Gasteiger partial charge in [0.15, 0.2) is 17.2 Å². The summed E-state index contributed by atoms with van der Waals surface area (Å²) in [7, 11) is 1.35. The Balaban J connectivity index is 1.88. The number of ether oxygens (including phenoxy) is 2. The van der Waals surface area contributed by atoms with Gasteiger partial charge in [0.25, 0.3) is 0 Å². The molecule has 0 amide bonds. The number of carbonyl (C=O) groups excluding carboxylic acids is 2. The standard InChI is InChI=1S/C21H22N2O4/c1-3-27-19-10-7-11-23-17(14-22-21(19)23)18(24)12-16(13-20(25)26-2)15-8-5-4-6-9-15/h4-11,14,16H,3,12-13H2,1-2H3/t16-/m0/s1. The molecule has 2 heterocycles. The predicted octanol–water partition coefficient (Wildman–Crippen LogP) is 3.65. The maximum absolute atomic E-state index is 13.0. The minimum absolute atomic E-state index is 0.0890. The molecule has 0 unspecified atom stereocenters. The van der Waals surface area contributed by atoms with Gasteiger partial charge in [0.2, 0.25) is 0 Å². The van der Waals surface area contributed by atoms with Crippen LogP contribution in [0, 0.1) is 0 Å². The molecule has 0 aliphatic rings. The number of Topliss-reactive ketones (excluding diaryl/α,β-unsaturated/α-hetero) is 1. The van der Waals surface area contributed by atoms with Crippen molar-refractivity contribution in [2.45, 2.75) is 25.7 Å². The van der Waals surface area contributed by atoms with Gasteiger partial charge in [-0.15, -0.1) is 0 Å². The summed E-state index contributed by atoms with van der Waals surface area (Å²) in [5, 5.41) is 0. The van der Waals surface area contributed by atoms with Crippen LogP contribution >= 0.6 is 0 Å². The zero-order valence-electron chi connectivity index (χ0n) is 15.4. The van der Waals surface area contributed by atoms with E-state index in [1.165, 1.54) is 7.11 Å². The normalized spacial score (nSPS) is 11.9. The Kier molecular flexibility index (Phi) is 5.86. The van der Waals surface area contributed by atoms with Crippen LogP contribution in [0.5, 0.6) is 5.75 Å². The Bertz CT molecular complexity index is 934. The summed E-state index contributed by atoms with van der Waals surface area (Å²) >= 11 is 0. The molecule has 0 radical (unpaired) electrons. The van der Waals surface area contributed by atoms with Gasteiger partial charge in [-0.05, 0) is 24.6 Å². The number of ketones is 1. The molecule has 0 saturated carbocycles. The molecule has 27 heavy (non-hydrogen) atoms. The summed E-state index contributed by atoms with van der Waals surface area (Å²) in [5.41, 5.74) is 2.00. The second kappa shape index (κ2) is 8.49. The largest absolute Gasteiger partial charge is 0.490 e. The van der Waals surface area contributed by atoms with Crippen LogP contribution in [0.25, 0.3) is 5.65 Å². The smallest absolute Gasteiger partial charge is 0.306 e. The van der Waals surface area contributed by atoms with Crippen LogP contribution < -0.4 is 4.74 Å². The van der Waals surface area contributed by atoms with Crippen LogP contribution in [0.15, 0.2) is 54.9 Å². The average Bonchev–Trinajstić information content (AvgIpc) is 3.13. The summed E-state index contributed by atoms with van der Waals surface area (Å²) in [5.74, 6) is -0.0534. The molecule has 6 nitrogen and oxygen atoms in total. The van der Waals surface area contributed by atoms with E-state index in [1.54, 1.807) is 16.8 Å². The second-order valence-electron chi connectivity index (χ2n) is 6.16. The molecule has 0 fully saturated rings. The number of aromatic nitrogens is 2. The Morgan fingerprint density at radius 3 is 2.59 bits per heavy atom. The first kappa shape index (κ1) is 18.6. The number of benzene rings is 1. The van der Waals surface area contributed by atoms with Gasteiger partial charge >= 0.3 is 5.97 Å². The van der Waals surface area contributed by atoms with Crippen molar-refractivity contribution in [1.29, 1.82) is 0 Å². The van der Waals surface area contributed by atoms with E-state index < -0.39 is 0 Å². The van der Waals surface area contributed by atoms with Crippen molar-refractivity contribution >= 4 is 17.4 Å². The molecule has 0 N–H and O–H groups in total. The van der Waals surface area contributed by atoms with Crippen LogP contribution in [0.3, 0.4) is 0 Å². The molecule has 6 heteroatoms. The fraction of sp³-hybridized carbons (Fsp3) is 0.286. The first-order chi connectivity index (χ1) is 13.1. The van der Waals surface area contributed by atoms with Crippen molar-refractivity contribution in [3.05, 3.63) is 66.1 Å². The van der Waals surface area contributed by atoms with E-state index in [0.717, 1.165) is 5.56 Å². The van der Waals surface area contributed by atoms with Crippen molar-refractivity contribution in [2.75, 3.05) is 13.7 Å². The fourth-order valence-electron chi connectivity index (χ4n) is 3.11. The number of nitrogens with zero attached hydrogens (tertiary/aromatic N) is 2. The molecule has 140 valence electrons. The number of methoxy groups -OCH3 is 1. The van der Waals surface area contributed by atoms with Crippen molar-refractivity contribution in [3.63, 3.8) is 0 Å². The lowest BCUT2D eigenvalue weighted by molar-refractivity contribution is -0.141. The fourth-order valence-corrected chi connectivity index (χ4v) is 3.11. The van der Waals surface area contributed by atoms with Gasteiger partial charge in [0, 0.05) is 18.5 Å². The lowest BCUT2D eigenvalue weighted by atomic mass is 9.90. The third-order valence-corrected chi connectivity index (χ3v) is 4.43. The molecule has 0 saturated heterocycles. The number of hydrogen-bond donors (Lipinski definition) is 0. The average molecular weight is 366 g/mol. The lowest BCUT2D eigenvalue weighted by Gasteiger charge is -2.15. The third kappa shape index (κ3) is 4.16. The van der Waals surface area contributed by atoms with E-state index in [9.17, 15) is 9.59 Å². The zero-order valence-corrected chi connectivity index (χ0v) is 15.4. The van der Waals surface area contributed by atoms with Crippen LogP contribution in [-0.4, -0.2) is 34.9 Å². The van der Waals surface area contributed by atoms with E-state index in [1.807, 2.05) is 49.4 Å². The van der Waals surface area contributed by atoms with Gasteiger partial charge in [-0.1, -0.05) is 30.3 Å². The molecular weight excluding hydrogens is 344 g/mol. The predicted molar refractivity (Wildman–Crippen MR) is 101 cm³/mol. The number of imidazole rings is 1. The Hall–Kier alpha value is -3.15. The van der Waals surface area contributed by atoms with Gasteiger partial charge in [-0.3, -0.25) is 14.0 Å². The van der Waals surface area contributed by atoms with E-state index in [2.05, 4.69) is 4.98 Å². The minimum atomic E-state index is -0.339. The van der Waals surface area contributed by atoms with Crippen molar-refractivity contribution in [1.82, 2.24) is 9.38 Å². The summed E-state index contributed by atoms with van der Waals surface area (Å²) in [6.45, 7) is 2.42. The maximum atomic E-state index is 13.0. The Labute approximate surface area is 157 Å². The Morgan fingerprint density at radius 1 is 1.11 bits per heavy atom. The SMILES string of the molecule is CCOc1cccn2c(C(=O)C[C@@H](CC(=O)OC)c3ccccc3)cnc12. The summed E-state index contributed by atoms with van der Waals surface area (Å²) in [6.07, 6.45) is 3.68. The molecule has 0 aliphatic heterocycles. The molecule has 2 aromatic heterocycles. The minimum Gasteiger partial charge on any atom is -0.490 e. The number of hydrogen-bond acceptors (Lipinski definition) is 5. The number of carbonyl (C=O) groups is 2. The molecule has 1 atom stereocenters. The van der Waals surface area contributed by atoms with Gasteiger partial charge in [-0.25, -0.2) is 4.98 Å². The van der Waals surface area contributed by atoms with Gasteiger partial charge < -0.3 is 9.47 Å². The zero-order chi connectivity index (χ0) is 19.2. The molecule has 0 spiro atoms. The van der Waals surface area contributed by atoms with E-state index in [0.29, 0.717) is 23.7 Å². The Morgan fingerprint density at radius 2 is 1.89 bits per heavy atom. The van der Waals surface area contributed by atoms with Crippen LogP contribution in [0.4, 0.5) is 0 Å². The molecule has 0 bridgehead atoms. The van der Waals surface area contributed by atoms with Gasteiger partial charge in [0.05, 0.1) is 26.3 Å². The van der Waals surface area contributed by atoms with E-state index in [4.69, 9.17) is 9.47 Å². The van der Waals surface area contributed by atoms with Crippen LogP contribution in [-0.2, 0) is 9.53 Å². The second-order valence-corrected chi connectivity index (χ2v) is 6.16.